The monoisotopic (exact) mass is 274 g/mol. The molecule has 1 aromatic rings. The first-order chi connectivity index (χ1) is 9.64. The van der Waals surface area contributed by atoms with Gasteiger partial charge in [-0.05, 0) is 18.1 Å². The van der Waals surface area contributed by atoms with E-state index < -0.39 is 5.60 Å². The summed E-state index contributed by atoms with van der Waals surface area (Å²) in [5.41, 5.74) is 1.17. The molecule has 0 saturated carbocycles. The van der Waals surface area contributed by atoms with E-state index in [4.69, 9.17) is 0 Å². The molecule has 1 aliphatic rings. The lowest BCUT2D eigenvalue weighted by Crippen LogP contribution is -2.31. The molecular weight excluding hydrogens is 248 g/mol. The minimum Gasteiger partial charge on any atom is -0.507 e. The van der Waals surface area contributed by atoms with E-state index in [1.165, 1.54) is 32.1 Å². The van der Waals surface area contributed by atoms with Gasteiger partial charge in [0.25, 0.3) is 0 Å². The lowest BCUT2D eigenvalue weighted by atomic mass is 9.82. The number of aliphatic hydroxyl groups is 1. The molecule has 1 aromatic carbocycles. The minimum absolute atomic E-state index is 0.306. The zero-order chi connectivity index (χ0) is 14.4. The summed E-state index contributed by atoms with van der Waals surface area (Å²) in [6.07, 6.45) is 12.6. The van der Waals surface area contributed by atoms with E-state index in [1.54, 1.807) is 6.07 Å². The predicted octanol–water partition coefficient (Wildman–Crippen LogP) is 4.44. The normalized spacial score (nSPS) is 20.9. The topological polar surface area (TPSA) is 40.5 Å². The van der Waals surface area contributed by atoms with Crippen LogP contribution >= 0.6 is 0 Å². The highest BCUT2D eigenvalue weighted by atomic mass is 16.3. The summed E-state index contributed by atoms with van der Waals surface area (Å²) in [4.78, 5) is 0. The maximum Gasteiger partial charge on any atom is 0.123 e. The number of fused-ring (bicyclic) bond motifs is 1. The molecular formula is C18H26O2. The molecule has 0 radical (unpaired) electrons. The van der Waals surface area contributed by atoms with E-state index in [9.17, 15) is 10.2 Å². The molecule has 0 aromatic heterocycles. The van der Waals surface area contributed by atoms with Crippen LogP contribution in [0.4, 0.5) is 0 Å². The van der Waals surface area contributed by atoms with Gasteiger partial charge < -0.3 is 10.2 Å². The van der Waals surface area contributed by atoms with Crippen molar-refractivity contribution in [1.82, 2.24) is 0 Å². The Balaban J connectivity index is 1.85. The van der Waals surface area contributed by atoms with Gasteiger partial charge >= 0.3 is 0 Å². The van der Waals surface area contributed by atoms with Gasteiger partial charge in [0, 0.05) is 12.0 Å². The van der Waals surface area contributed by atoms with Gasteiger partial charge in [-0.25, -0.2) is 0 Å². The molecule has 1 aliphatic carbocycles. The Kier molecular flexibility index (Phi) is 5.24. The van der Waals surface area contributed by atoms with E-state index in [2.05, 4.69) is 6.92 Å². The molecule has 0 aliphatic heterocycles. The van der Waals surface area contributed by atoms with Crippen molar-refractivity contribution in [3.05, 3.63) is 35.4 Å². The lowest BCUT2D eigenvalue weighted by molar-refractivity contribution is 0.0781. The number of phenolic OH excluding ortho intramolecular Hbond substituents is 1. The van der Waals surface area contributed by atoms with E-state index in [-0.39, 0.29) is 0 Å². The van der Waals surface area contributed by atoms with Crippen LogP contribution in [0.25, 0.3) is 6.08 Å². The summed E-state index contributed by atoms with van der Waals surface area (Å²) >= 11 is 0. The molecule has 2 heteroatoms. The number of hydrogen-bond donors (Lipinski definition) is 2. The Morgan fingerprint density at radius 1 is 1.10 bits per heavy atom. The average Bonchev–Trinajstić information content (AvgIpc) is 2.43. The van der Waals surface area contributed by atoms with Gasteiger partial charge in [-0.3, -0.25) is 0 Å². The van der Waals surface area contributed by atoms with Gasteiger partial charge in [0.1, 0.15) is 5.75 Å². The van der Waals surface area contributed by atoms with Crippen molar-refractivity contribution < 1.29 is 10.2 Å². The van der Waals surface area contributed by atoms with Crippen LogP contribution in [0.15, 0.2) is 24.3 Å². The van der Waals surface area contributed by atoms with Crippen LogP contribution in [-0.4, -0.2) is 15.8 Å². The summed E-state index contributed by atoms with van der Waals surface area (Å²) in [7, 11) is 0. The molecule has 1 unspecified atom stereocenters. The molecule has 0 heterocycles. The van der Waals surface area contributed by atoms with Gasteiger partial charge in [-0.1, -0.05) is 69.7 Å². The van der Waals surface area contributed by atoms with E-state index >= 15 is 0 Å². The second-order valence-electron chi connectivity index (χ2n) is 5.98. The van der Waals surface area contributed by atoms with Crippen molar-refractivity contribution in [1.29, 1.82) is 0 Å². The fraction of sp³-hybridized carbons (Fsp3) is 0.556. The number of benzene rings is 1. The number of unbranched alkanes of at least 4 members (excludes halogenated alkanes) is 5. The summed E-state index contributed by atoms with van der Waals surface area (Å²) in [5, 5.41) is 20.4. The van der Waals surface area contributed by atoms with Gasteiger partial charge in [-0.15, -0.1) is 0 Å². The Bertz CT molecular complexity index is 464. The third-order valence-corrected chi connectivity index (χ3v) is 4.19. The minimum atomic E-state index is -0.731. The lowest BCUT2D eigenvalue weighted by Gasteiger charge is -2.29. The quantitative estimate of drug-likeness (QED) is 0.721. The van der Waals surface area contributed by atoms with Crippen molar-refractivity contribution in [2.75, 3.05) is 0 Å². The molecule has 0 bridgehead atoms. The van der Waals surface area contributed by atoms with Gasteiger partial charge in [0.2, 0.25) is 0 Å². The Morgan fingerprint density at radius 2 is 1.85 bits per heavy atom. The molecule has 1 atom stereocenters. The van der Waals surface area contributed by atoms with Gasteiger partial charge in [0.15, 0.2) is 0 Å². The molecule has 0 saturated heterocycles. The largest absolute Gasteiger partial charge is 0.507 e. The second-order valence-corrected chi connectivity index (χ2v) is 5.98. The Labute approximate surface area is 122 Å². The molecule has 2 nitrogen and oxygen atoms in total. The molecule has 0 amide bonds. The standard InChI is InChI=1S/C18H26O2/c1-2-3-4-5-6-7-12-18(20)13-11-16-15(14-18)9-8-10-17(16)19/h8-11,13,19-20H,2-7,12,14H2,1H3. The van der Waals surface area contributed by atoms with Crippen molar-refractivity contribution in [2.45, 2.75) is 63.9 Å². The number of hydrogen-bond acceptors (Lipinski definition) is 2. The Morgan fingerprint density at radius 3 is 2.65 bits per heavy atom. The highest BCUT2D eigenvalue weighted by molar-refractivity contribution is 5.64. The highest BCUT2D eigenvalue weighted by Crippen LogP contribution is 2.33. The number of aromatic hydroxyl groups is 1. The van der Waals surface area contributed by atoms with Crippen LogP contribution in [0, 0.1) is 0 Å². The molecule has 0 fully saturated rings. The summed E-state index contributed by atoms with van der Waals surface area (Å²) in [6.45, 7) is 2.22. The van der Waals surface area contributed by atoms with E-state index in [1.807, 2.05) is 24.3 Å². The third kappa shape index (κ3) is 3.86. The van der Waals surface area contributed by atoms with Crippen LogP contribution in [0.5, 0.6) is 5.75 Å². The van der Waals surface area contributed by atoms with Crippen molar-refractivity contribution >= 4 is 6.08 Å². The average molecular weight is 274 g/mol. The van der Waals surface area contributed by atoms with Crippen LogP contribution in [0.2, 0.25) is 0 Å². The Hall–Kier alpha value is -1.28. The van der Waals surface area contributed by atoms with Gasteiger partial charge in [0.05, 0.1) is 5.60 Å². The third-order valence-electron chi connectivity index (χ3n) is 4.19. The first-order valence-corrected chi connectivity index (χ1v) is 7.87. The molecule has 2 N–H and O–H groups in total. The zero-order valence-electron chi connectivity index (χ0n) is 12.4. The maximum absolute atomic E-state index is 10.6. The first kappa shape index (κ1) is 15.1. The molecule has 0 spiro atoms. The van der Waals surface area contributed by atoms with Gasteiger partial charge in [-0.2, -0.15) is 0 Å². The first-order valence-electron chi connectivity index (χ1n) is 7.87. The fourth-order valence-corrected chi connectivity index (χ4v) is 2.96. The van der Waals surface area contributed by atoms with Crippen molar-refractivity contribution in [3.63, 3.8) is 0 Å². The van der Waals surface area contributed by atoms with Crippen LogP contribution in [0.3, 0.4) is 0 Å². The van der Waals surface area contributed by atoms with Crippen molar-refractivity contribution in [2.24, 2.45) is 0 Å². The maximum atomic E-state index is 10.6. The molecule has 2 rings (SSSR count). The smallest absolute Gasteiger partial charge is 0.123 e. The van der Waals surface area contributed by atoms with E-state index in [0.717, 1.165) is 24.0 Å². The van der Waals surface area contributed by atoms with Crippen LogP contribution in [0.1, 0.15) is 63.0 Å². The zero-order valence-corrected chi connectivity index (χ0v) is 12.4. The highest BCUT2D eigenvalue weighted by Gasteiger charge is 2.28. The van der Waals surface area contributed by atoms with Crippen LogP contribution in [-0.2, 0) is 6.42 Å². The summed E-state index contributed by atoms with van der Waals surface area (Å²) in [6, 6.07) is 5.53. The number of rotatable bonds is 7. The fourth-order valence-electron chi connectivity index (χ4n) is 2.96. The molecule has 110 valence electrons. The van der Waals surface area contributed by atoms with Crippen molar-refractivity contribution in [3.8, 4) is 5.75 Å². The summed E-state index contributed by atoms with van der Waals surface area (Å²) < 4.78 is 0. The summed E-state index contributed by atoms with van der Waals surface area (Å²) in [5.74, 6) is 0.306. The number of phenols is 1. The predicted molar refractivity (Wildman–Crippen MR) is 83.8 cm³/mol. The SMILES string of the molecule is CCCCCCCCC1(O)C=Cc2c(O)cccc2C1. The van der Waals surface area contributed by atoms with Crippen LogP contribution < -0.4 is 0 Å². The van der Waals surface area contributed by atoms with E-state index in [0.29, 0.717) is 12.2 Å². The second kappa shape index (κ2) is 6.94. The molecule has 20 heavy (non-hydrogen) atoms.